The molecule has 0 aliphatic heterocycles. The number of amides is 1. The minimum Gasteiger partial charge on any atom is -0.325 e. The number of rotatable bonds is 5. The van der Waals surface area contributed by atoms with E-state index in [0.29, 0.717) is 6.42 Å². The molecule has 1 N–H and O–H groups in total. The molecule has 0 aliphatic carbocycles. The molecule has 0 bridgehead atoms. The third kappa shape index (κ3) is 4.66. The molecule has 2 aromatic rings. The number of nitrogens with one attached hydrogen (secondary N) is 1. The Balaban J connectivity index is 1.78. The highest BCUT2D eigenvalue weighted by molar-refractivity contribution is 9.10. The molecule has 20 heavy (non-hydrogen) atoms. The second-order valence-electron chi connectivity index (χ2n) is 4.51. The van der Waals surface area contributed by atoms with Crippen molar-refractivity contribution < 1.29 is 4.79 Å². The normalized spacial score (nSPS) is 10.3. The number of hydrogen-bond donors (Lipinski definition) is 1. The molecule has 0 aliphatic rings. The van der Waals surface area contributed by atoms with Crippen molar-refractivity contribution >= 4 is 39.1 Å². The van der Waals surface area contributed by atoms with E-state index in [-0.39, 0.29) is 5.91 Å². The largest absolute Gasteiger partial charge is 0.325 e. The van der Waals surface area contributed by atoms with Gasteiger partial charge in [0.2, 0.25) is 5.91 Å². The summed E-state index contributed by atoms with van der Waals surface area (Å²) in [6.45, 7) is 0. The number of halogens is 2. The highest BCUT2D eigenvalue weighted by atomic mass is 79.9. The highest BCUT2D eigenvalue weighted by Crippen LogP contribution is 2.21. The van der Waals surface area contributed by atoms with Gasteiger partial charge in [-0.1, -0.05) is 35.9 Å². The van der Waals surface area contributed by atoms with Crippen LogP contribution in [0.3, 0.4) is 0 Å². The van der Waals surface area contributed by atoms with E-state index in [1.807, 2.05) is 48.5 Å². The van der Waals surface area contributed by atoms with Gasteiger partial charge in [-0.2, -0.15) is 0 Å². The summed E-state index contributed by atoms with van der Waals surface area (Å²) in [4.78, 5) is 11.9. The lowest BCUT2D eigenvalue weighted by Crippen LogP contribution is -2.11. The van der Waals surface area contributed by atoms with Crippen LogP contribution >= 0.6 is 27.5 Å². The van der Waals surface area contributed by atoms with Crippen LogP contribution in [0.25, 0.3) is 0 Å². The standard InChI is InChI=1S/C16H15BrClNO/c17-14-5-1-2-6-15(14)19-16(20)7-3-4-12-8-10-13(18)11-9-12/h1-2,5-6,8-11H,3-4,7H2,(H,19,20). The van der Waals surface area contributed by atoms with Crippen molar-refractivity contribution in [3.63, 3.8) is 0 Å². The van der Waals surface area contributed by atoms with Crippen LogP contribution in [0.4, 0.5) is 5.69 Å². The lowest BCUT2D eigenvalue weighted by atomic mass is 10.1. The van der Waals surface area contributed by atoms with Gasteiger partial charge in [-0.05, 0) is 58.6 Å². The Morgan fingerprint density at radius 1 is 1.10 bits per heavy atom. The van der Waals surface area contributed by atoms with Crippen molar-refractivity contribution in [2.45, 2.75) is 19.3 Å². The maximum Gasteiger partial charge on any atom is 0.224 e. The lowest BCUT2D eigenvalue weighted by Gasteiger charge is -2.07. The third-order valence-electron chi connectivity index (χ3n) is 2.93. The zero-order chi connectivity index (χ0) is 14.4. The first kappa shape index (κ1) is 15.1. The predicted octanol–water partition coefficient (Wildman–Crippen LogP) is 5.06. The summed E-state index contributed by atoms with van der Waals surface area (Å²) >= 11 is 9.24. The smallest absolute Gasteiger partial charge is 0.224 e. The van der Waals surface area contributed by atoms with E-state index in [4.69, 9.17) is 11.6 Å². The molecule has 2 rings (SSSR count). The molecular weight excluding hydrogens is 338 g/mol. The average molecular weight is 353 g/mol. The molecule has 1 amide bonds. The first-order chi connectivity index (χ1) is 9.65. The zero-order valence-corrected chi connectivity index (χ0v) is 13.2. The number of hydrogen-bond acceptors (Lipinski definition) is 1. The fraction of sp³-hybridized carbons (Fsp3) is 0.188. The van der Waals surface area contributed by atoms with Gasteiger partial charge in [0.15, 0.2) is 0 Å². The van der Waals surface area contributed by atoms with E-state index in [1.54, 1.807) is 0 Å². The SMILES string of the molecule is O=C(CCCc1ccc(Cl)cc1)Nc1ccccc1Br. The van der Waals surface area contributed by atoms with E-state index >= 15 is 0 Å². The molecule has 0 saturated carbocycles. The molecule has 0 fully saturated rings. The summed E-state index contributed by atoms with van der Waals surface area (Å²) < 4.78 is 0.894. The maximum absolute atomic E-state index is 11.9. The molecule has 0 saturated heterocycles. The first-order valence-corrected chi connectivity index (χ1v) is 7.61. The molecule has 2 aromatic carbocycles. The Morgan fingerprint density at radius 3 is 2.50 bits per heavy atom. The molecule has 2 nitrogen and oxygen atoms in total. The van der Waals surface area contributed by atoms with Crippen molar-refractivity contribution in [2.75, 3.05) is 5.32 Å². The van der Waals surface area contributed by atoms with Crippen LogP contribution in [0.5, 0.6) is 0 Å². The number of anilines is 1. The summed E-state index contributed by atoms with van der Waals surface area (Å²) in [5, 5.41) is 3.64. The van der Waals surface area contributed by atoms with Crippen molar-refractivity contribution in [3.8, 4) is 0 Å². The van der Waals surface area contributed by atoms with Gasteiger partial charge >= 0.3 is 0 Å². The summed E-state index contributed by atoms with van der Waals surface area (Å²) in [6, 6.07) is 15.3. The van der Waals surface area contributed by atoms with Crippen molar-refractivity contribution in [3.05, 3.63) is 63.6 Å². The average Bonchev–Trinajstić information content (AvgIpc) is 2.44. The quantitative estimate of drug-likeness (QED) is 0.800. The van der Waals surface area contributed by atoms with Crippen LogP contribution in [0, 0.1) is 0 Å². The predicted molar refractivity (Wildman–Crippen MR) is 87.2 cm³/mol. The summed E-state index contributed by atoms with van der Waals surface area (Å²) in [7, 11) is 0. The van der Waals surface area contributed by atoms with Crippen LogP contribution in [-0.2, 0) is 11.2 Å². The Morgan fingerprint density at radius 2 is 1.80 bits per heavy atom. The van der Waals surface area contributed by atoms with Crippen LogP contribution in [0.2, 0.25) is 5.02 Å². The molecule has 0 unspecified atom stereocenters. The van der Waals surface area contributed by atoms with Crippen molar-refractivity contribution in [1.82, 2.24) is 0 Å². The number of carbonyl (C=O) groups excluding carboxylic acids is 1. The molecule has 0 spiro atoms. The lowest BCUT2D eigenvalue weighted by molar-refractivity contribution is -0.116. The van der Waals surface area contributed by atoms with Crippen LogP contribution in [0.15, 0.2) is 53.0 Å². The molecule has 104 valence electrons. The number of para-hydroxylation sites is 1. The second-order valence-corrected chi connectivity index (χ2v) is 5.80. The van der Waals surface area contributed by atoms with Gasteiger partial charge in [-0.15, -0.1) is 0 Å². The van der Waals surface area contributed by atoms with Gasteiger partial charge in [0, 0.05) is 15.9 Å². The molecule has 0 aromatic heterocycles. The van der Waals surface area contributed by atoms with E-state index in [2.05, 4.69) is 21.2 Å². The molecule has 0 atom stereocenters. The van der Waals surface area contributed by atoms with Crippen molar-refractivity contribution in [2.24, 2.45) is 0 Å². The van der Waals surface area contributed by atoms with E-state index in [9.17, 15) is 4.79 Å². The third-order valence-corrected chi connectivity index (χ3v) is 3.87. The Kier molecular flexibility index (Phi) is 5.62. The van der Waals surface area contributed by atoms with Crippen LogP contribution < -0.4 is 5.32 Å². The molecule has 0 heterocycles. The summed E-state index contributed by atoms with van der Waals surface area (Å²) in [5.41, 5.74) is 2.01. The zero-order valence-electron chi connectivity index (χ0n) is 10.9. The number of aryl methyl sites for hydroxylation is 1. The minimum atomic E-state index is 0.0332. The maximum atomic E-state index is 11.9. The summed E-state index contributed by atoms with van der Waals surface area (Å²) in [5.74, 6) is 0.0332. The fourth-order valence-electron chi connectivity index (χ4n) is 1.88. The van der Waals surface area contributed by atoms with Gasteiger partial charge in [-0.25, -0.2) is 0 Å². The topological polar surface area (TPSA) is 29.1 Å². The Labute approximate surface area is 132 Å². The highest BCUT2D eigenvalue weighted by Gasteiger charge is 2.05. The van der Waals surface area contributed by atoms with E-state index < -0.39 is 0 Å². The van der Waals surface area contributed by atoms with Crippen LogP contribution in [-0.4, -0.2) is 5.91 Å². The van der Waals surface area contributed by atoms with E-state index in [1.165, 1.54) is 5.56 Å². The van der Waals surface area contributed by atoms with Gasteiger partial charge < -0.3 is 5.32 Å². The van der Waals surface area contributed by atoms with E-state index in [0.717, 1.165) is 28.0 Å². The van der Waals surface area contributed by atoms with Gasteiger partial charge in [-0.3, -0.25) is 4.79 Å². The Hall–Kier alpha value is -1.32. The number of benzene rings is 2. The van der Waals surface area contributed by atoms with Gasteiger partial charge in [0.05, 0.1) is 5.69 Å². The number of carbonyl (C=O) groups is 1. The van der Waals surface area contributed by atoms with Crippen molar-refractivity contribution in [1.29, 1.82) is 0 Å². The Bertz CT molecular complexity index is 583. The van der Waals surface area contributed by atoms with Gasteiger partial charge in [0.1, 0.15) is 0 Å². The van der Waals surface area contributed by atoms with Gasteiger partial charge in [0.25, 0.3) is 0 Å². The molecule has 4 heteroatoms. The first-order valence-electron chi connectivity index (χ1n) is 6.44. The summed E-state index contributed by atoms with van der Waals surface area (Å²) in [6.07, 6.45) is 2.20. The monoisotopic (exact) mass is 351 g/mol. The fourth-order valence-corrected chi connectivity index (χ4v) is 2.39. The van der Waals surface area contributed by atoms with Crippen LogP contribution in [0.1, 0.15) is 18.4 Å². The second kappa shape index (κ2) is 7.46. The molecular formula is C16H15BrClNO. The minimum absolute atomic E-state index is 0.0332. The molecule has 0 radical (unpaired) electrons.